The van der Waals surface area contributed by atoms with Gasteiger partial charge in [-0.05, 0) is 24.5 Å². The average molecular weight is 425 g/mol. The van der Waals surface area contributed by atoms with Crippen LogP contribution in [0.1, 0.15) is 52.0 Å². The minimum absolute atomic E-state index is 0.0677. The second-order valence-corrected chi connectivity index (χ2v) is 7.53. The summed E-state index contributed by atoms with van der Waals surface area (Å²) in [6, 6.07) is 6.88. The molecule has 8 heteroatoms. The minimum Gasteiger partial charge on any atom is -0.491 e. The molecule has 1 heterocycles. The molecule has 0 aliphatic rings. The van der Waals surface area contributed by atoms with Gasteiger partial charge < -0.3 is 14.4 Å². The van der Waals surface area contributed by atoms with Gasteiger partial charge in [0.1, 0.15) is 11.3 Å². The number of alkyl halides is 3. The topological polar surface area (TPSA) is 47.5 Å². The fraction of sp³-hybridized carbons (Fsp3) is 0.545. The number of para-hydroxylation sites is 2. The van der Waals surface area contributed by atoms with Crippen molar-refractivity contribution in [3.05, 3.63) is 36.0 Å². The van der Waals surface area contributed by atoms with Crippen molar-refractivity contribution in [3.63, 3.8) is 0 Å². The van der Waals surface area contributed by atoms with Gasteiger partial charge in [0.15, 0.2) is 5.82 Å². The van der Waals surface area contributed by atoms with Crippen LogP contribution in [-0.2, 0) is 6.18 Å². The highest BCUT2D eigenvalue weighted by Gasteiger charge is 2.37. The lowest BCUT2D eigenvalue weighted by Gasteiger charge is -2.25. The van der Waals surface area contributed by atoms with Gasteiger partial charge in [0.2, 0.25) is 0 Å². The number of hydrogen-bond donors (Lipinski definition) is 0. The summed E-state index contributed by atoms with van der Waals surface area (Å²) in [6.45, 7) is 6.92. The van der Waals surface area contributed by atoms with Crippen LogP contribution in [0.4, 0.5) is 24.7 Å². The van der Waals surface area contributed by atoms with E-state index >= 15 is 0 Å². The van der Waals surface area contributed by atoms with Gasteiger partial charge in [-0.3, -0.25) is 0 Å². The van der Waals surface area contributed by atoms with Crippen LogP contribution in [0.15, 0.2) is 30.5 Å². The summed E-state index contributed by atoms with van der Waals surface area (Å²) >= 11 is 0. The van der Waals surface area contributed by atoms with Crippen LogP contribution in [0.2, 0.25) is 0 Å². The molecular formula is C22H30F3N3O2. The number of rotatable bonds is 11. The molecule has 0 spiro atoms. The maximum atomic E-state index is 13.6. The van der Waals surface area contributed by atoms with Crippen LogP contribution in [0.25, 0.3) is 0 Å². The quantitative estimate of drug-likeness (QED) is 0.398. The number of aromatic nitrogens is 2. The minimum atomic E-state index is -4.60. The third-order valence-electron chi connectivity index (χ3n) is 4.40. The number of anilines is 2. The van der Waals surface area contributed by atoms with E-state index in [1.807, 2.05) is 13.8 Å². The van der Waals surface area contributed by atoms with Crippen LogP contribution in [0, 0.1) is 5.92 Å². The summed E-state index contributed by atoms with van der Waals surface area (Å²) in [6.07, 6.45) is 0.136. The first-order valence-corrected chi connectivity index (χ1v) is 10.3. The van der Waals surface area contributed by atoms with Crippen LogP contribution < -0.4 is 14.4 Å². The molecule has 1 aromatic carbocycles. The van der Waals surface area contributed by atoms with Crippen LogP contribution in [0.3, 0.4) is 0 Å². The molecule has 5 nitrogen and oxygen atoms in total. The van der Waals surface area contributed by atoms with E-state index in [1.165, 1.54) is 11.9 Å². The van der Waals surface area contributed by atoms with Gasteiger partial charge in [-0.15, -0.1) is 0 Å². The Hall–Kier alpha value is -2.51. The molecule has 0 radical (unpaired) electrons. The maximum Gasteiger partial charge on any atom is 0.421 e. The molecule has 0 unspecified atom stereocenters. The second-order valence-electron chi connectivity index (χ2n) is 7.53. The Kier molecular flexibility index (Phi) is 8.74. The third kappa shape index (κ3) is 6.78. The Morgan fingerprint density at radius 2 is 1.80 bits per heavy atom. The highest BCUT2D eigenvalue weighted by molar-refractivity contribution is 5.68. The number of nitrogens with zero attached hydrogens (tertiary/aromatic N) is 3. The summed E-state index contributed by atoms with van der Waals surface area (Å²) in [5, 5.41) is 0. The fourth-order valence-corrected chi connectivity index (χ4v) is 2.80. The predicted octanol–water partition coefficient (Wildman–Crippen LogP) is 6.26. The van der Waals surface area contributed by atoms with Crippen molar-refractivity contribution >= 4 is 11.5 Å². The first-order valence-electron chi connectivity index (χ1n) is 10.3. The molecule has 0 saturated heterocycles. The SMILES string of the molecule is CCCCCCOc1ncc(C(F)(F)F)c(N(C)c2ccccc2OCC(C)C)n1. The summed E-state index contributed by atoms with van der Waals surface area (Å²) in [4.78, 5) is 9.22. The number of hydrogen-bond acceptors (Lipinski definition) is 5. The zero-order chi connectivity index (χ0) is 22.1. The number of halogens is 3. The van der Waals surface area contributed by atoms with Gasteiger partial charge in [0, 0.05) is 13.2 Å². The highest BCUT2D eigenvalue weighted by atomic mass is 19.4. The van der Waals surface area contributed by atoms with Crippen molar-refractivity contribution in [2.75, 3.05) is 25.2 Å². The lowest BCUT2D eigenvalue weighted by Crippen LogP contribution is -2.20. The van der Waals surface area contributed by atoms with Gasteiger partial charge in [-0.2, -0.15) is 18.2 Å². The van der Waals surface area contributed by atoms with Crippen LogP contribution in [-0.4, -0.2) is 30.2 Å². The maximum absolute atomic E-state index is 13.6. The first-order chi connectivity index (χ1) is 14.2. The fourth-order valence-electron chi connectivity index (χ4n) is 2.80. The summed E-state index contributed by atoms with van der Waals surface area (Å²) in [5.74, 6) is 0.491. The standard InChI is InChI=1S/C22H30F3N3O2/c1-5-6-7-10-13-29-21-26-14-17(22(23,24)25)20(27-21)28(4)18-11-8-9-12-19(18)30-15-16(2)3/h8-9,11-12,14,16H,5-7,10,13,15H2,1-4H3. The van der Waals surface area contributed by atoms with E-state index < -0.39 is 11.7 Å². The Balaban J connectivity index is 2.32. The molecule has 0 N–H and O–H groups in total. The second kappa shape index (κ2) is 11.0. The van der Waals surface area contributed by atoms with E-state index in [-0.39, 0.29) is 17.7 Å². The van der Waals surface area contributed by atoms with E-state index in [0.717, 1.165) is 31.9 Å². The van der Waals surface area contributed by atoms with Crippen molar-refractivity contribution < 1.29 is 22.6 Å². The summed E-state index contributed by atoms with van der Waals surface area (Å²) < 4.78 is 52.2. The van der Waals surface area contributed by atoms with Gasteiger partial charge in [0.25, 0.3) is 0 Å². The molecular weight excluding hydrogens is 395 g/mol. The Bertz CT molecular complexity index is 797. The summed E-state index contributed by atoms with van der Waals surface area (Å²) in [7, 11) is 1.53. The lowest BCUT2D eigenvalue weighted by atomic mass is 10.2. The molecule has 0 fully saturated rings. The monoisotopic (exact) mass is 425 g/mol. The molecule has 30 heavy (non-hydrogen) atoms. The van der Waals surface area contributed by atoms with Crippen molar-refractivity contribution in [3.8, 4) is 11.8 Å². The molecule has 0 saturated carbocycles. The predicted molar refractivity (Wildman–Crippen MR) is 112 cm³/mol. The Labute approximate surface area is 176 Å². The normalized spacial score (nSPS) is 11.6. The Morgan fingerprint density at radius 3 is 2.47 bits per heavy atom. The van der Waals surface area contributed by atoms with Crippen LogP contribution >= 0.6 is 0 Å². The first kappa shape index (κ1) is 23.8. The van der Waals surface area contributed by atoms with Gasteiger partial charge in [0.05, 0.1) is 18.9 Å². The van der Waals surface area contributed by atoms with E-state index in [9.17, 15) is 13.2 Å². The molecule has 2 rings (SSSR count). The van der Waals surface area contributed by atoms with E-state index in [4.69, 9.17) is 9.47 Å². The molecule has 166 valence electrons. The molecule has 2 aromatic rings. The molecule has 0 aliphatic heterocycles. The van der Waals surface area contributed by atoms with Gasteiger partial charge >= 0.3 is 12.2 Å². The van der Waals surface area contributed by atoms with E-state index in [2.05, 4.69) is 16.9 Å². The number of unbranched alkanes of at least 4 members (excludes halogenated alkanes) is 3. The largest absolute Gasteiger partial charge is 0.491 e. The van der Waals surface area contributed by atoms with E-state index in [0.29, 0.717) is 24.7 Å². The number of benzene rings is 1. The lowest BCUT2D eigenvalue weighted by molar-refractivity contribution is -0.137. The zero-order valence-corrected chi connectivity index (χ0v) is 18.0. The van der Waals surface area contributed by atoms with Crippen molar-refractivity contribution in [1.29, 1.82) is 0 Å². The summed E-state index contributed by atoms with van der Waals surface area (Å²) in [5.41, 5.74) is -0.446. The van der Waals surface area contributed by atoms with Crippen LogP contribution in [0.5, 0.6) is 11.8 Å². The zero-order valence-electron chi connectivity index (χ0n) is 18.0. The van der Waals surface area contributed by atoms with Crippen molar-refractivity contribution in [2.24, 2.45) is 5.92 Å². The molecule has 0 bridgehead atoms. The van der Waals surface area contributed by atoms with Crippen molar-refractivity contribution in [1.82, 2.24) is 9.97 Å². The third-order valence-corrected chi connectivity index (χ3v) is 4.40. The van der Waals surface area contributed by atoms with Gasteiger partial charge in [-0.1, -0.05) is 52.2 Å². The Morgan fingerprint density at radius 1 is 1.07 bits per heavy atom. The molecule has 0 atom stereocenters. The molecule has 1 aromatic heterocycles. The molecule has 0 amide bonds. The smallest absolute Gasteiger partial charge is 0.421 e. The molecule has 0 aliphatic carbocycles. The number of ether oxygens (including phenoxy) is 2. The highest BCUT2D eigenvalue weighted by Crippen LogP contribution is 2.40. The average Bonchev–Trinajstić information content (AvgIpc) is 2.71. The van der Waals surface area contributed by atoms with E-state index in [1.54, 1.807) is 24.3 Å². The van der Waals surface area contributed by atoms with Crippen molar-refractivity contribution in [2.45, 2.75) is 52.6 Å². The van der Waals surface area contributed by atoms with Gasteiger partial charge in [-0.25, -0.2) is 4.98 Å².